The molecule has 1 aromatic rings. The molecule has 6 nitrogen and oxygen atoms in total. The molecule has 120 valence electrons. The maximum atomic E-state index is 11.8. The van der Waals surface area contributed by atoms with Gasteiger partial charge < -0.3 is 20.7 Å². The van der Waals surface area contributed by atoms with Crippen LogP contribution in [-0.4, -0.2) is 43.6 Å². The fraction of sp³-hybridized carbons (Fsp3) is 0.500. The van der Waals surface area contributed by atoms with Gasteiger partial charge in [0, 0.05) is 12.1 Å². The summed E-state index contributed by atoms with van der Waals surface area (Å²) in [6, 6.07) is 9.47. The third-order valence-electron chi connectivity index (χ3n) is 3.67. The Morgan fingerprint density at radius 1 is 1.27 bits per heavy atom. The number of para-hydroxylation sites is 1. The van der Waals surface area contributed by atoms with E-state index in [-0.39, 0.29) is 37.0 Å². The van der Waals surface area contributed by atoms with E-state index in [1.54, 1.807) is 12.1 Å². The van der Waals surface area contributed by atoms with Crippen molar-refractivity contribution in [2.45, 2.75) is 31.8 Å². The lowest BCUT2D eigenvalue weighted by Gasteiger charge is -2.30. The molecule has 0 saturated carbocycles. The Morgan fingerprint density at radius 2 is 2.05 bits per heavy atom. The van der Waals surface area contributed by atoms with Crippen LogP contribution < -0.4 is 20.7 Å². The maximum absolute atomic E-state index is 11.8. The Morgan fingerprint density at radius 3 is 2.77 bits per heavy atom. The van der Waals surface area contributed by atoms with Gasteiger partial charge in [0.2, 0.25) is 5.91 Å². The van der Waals surface area contributed by atoms with Crippen LogP contribution in [0.5, 0.6) is 5.75 Å². The number of benzene rings is 1. The first-order valence-electron chi connectivity index (χ1n) is 7.62. The molecule has 2 rings (SSSR count). The molecule has 22 heavy (non-hydrogen) atoms. The minimum Gasteiger partial charge on any atom is -0.484 e. The fourth-order valence-corrected chi connectivity index (χ4v) is 2.39. The predicted molar refractivity (Wildman–Crippen MR) is 83.6 cm³/mol. The Bertz CT molecular complexity index is 493. The second kappa shape index (κ2) is 8.38. The molecule has 1 fully saturated rings. The molecule has 1 saturated heterocycles. The van der Waals surface area contributed by atoms with Crippen LogP contribution >= 0.6 is 0 Å². The van der Waals surface area contributed by atoms with Crippen LogP contribution in [0.1, 0.15) is 19.8 Å². The average Bonchev–Trinajstić information content (AvgIpc) is 2.54. The number of nitrogens with one attached hydrogen (secondary N) is 3. The molecule has 2 amide bonds. The van der Waals surface area contributed by atoms with Crippen LogP contribution in [-0.2, 0) is 9.59 Å². The Hall–Kier alpha value is -2.08. The molecule has 1 aliphatic rings. The Kier molecular flexibility index (Phi) is 6.21. The number of carbonyl (C=O) groups excluding carboxylic acids is 2. The highest BCUT2D eigenvalue weighted by Gasteiger charge is 2.22. The predicted octanol–water partition coefficient (Wildman–Crippen LogP) is 0.438. The summed E-state index contributed by atoms with van der Waals surface area (Å²) in [5, 5.41) is 8.82. The van der Waals surface area contributed by atoms with E-state index in [4.69, 9.17) is 4.74 Å². The normalized spacial score (nSPS) is 21.0. The summed E-state index contributed by atoms with van der Waals surface area (Å²) in [6.07, 6.45) is 2.01. The van der Waals surface area contributed by atoms with Crippen molar-refractivity contribution in [2.24, 2.45) is 0 Å². The van der Waals surface area contributed by atoms with Gasteiger partial charge in [-0.25, -0.2) is 0 Å². The highest BCUT2D eigenvalue weighted by Crippen LogP contribution is 2.08. The Labute approximate surface area is 130 Å². The van der Waals surface area contributed by atoms with Gasteiger partial charge in [-0.05, 0) is 38.4 Å². The fourth-order valence-electron chi connectivity index (χ4n) is 2.39. The van der Waals surface area contributed by atoms with Gasteiger partial charge in [0.25, 0.3) is 5.91 Å². The topological polar surface area (TPSA) is 79.5 Å². The number of carbonyl (C=O) groups is 2. The van der Waals surface area contributed by atoms with E-state index in [0.717, 1.165) is 19.4 Å². The minimum absolute atomic E-state index is 0.0276. The number of hydrogen-bond acceptors (Lipinski definition) is 4. The maximum Gasteiger partial charge on any atom is 0.258 e. The van der Waals surface area contributed by atoms with E-state index in [1.807, 2.05) is 18.2 Å². The quantitative estimate of drug-likeness (QED) is 0.712. The highest BCUT2D eigenvalue weighted by molar-refractivity contribution is 5.85. The number of rotatable bonds is 6. The van der Waals surface area contributed by atoms with Crippen LogP contribution in [0.4, 0.5) is 0 Å². The molecule has 1 heterocycles. The van der Waals surface area contributed by atoms with E-state index in [0.29, 0.717) is 5.75 Å². The van der Waals surface area contributed by atoms with E-state index in [2.05, 4.69) is 22.9 Å². The molecule has 0 bridgehead atoms. The summed E-state index contributed by atoms with van der Waals surface area (Å²) >= 11 is 0. The van der Waals surface area contributed by atoms with Crippen LogP contribution in [0.3, 0.4) is 0 Å². The molecule has 2 unspecified atom stereocenters. The lowest BCUT2D eigenvalue weighted by molar-refractivity contribution is -0.127. The van der Waals surface area contributed by atoms with Crippen molar-refractivity contribution in [3.8, 4) is 5.75 Å². The first-order valence-corrected chi connectivity index (χ1v) is 7.62. The highest BCUT2D eigenvalue weighted by atomic mass is 16.5. The zero-order chi connectivity index (χ0) is 15.8. The monoisotopic (exact) mass is 305 g/mol. The standard InChI is InChI=1S/C16H23N3O3/c1-12-14(8-5-9-17-12)19-15(20)10-18-16(21)11-22-13-6-3-2-4-7-13/h2-4,6-7,12,14,17H,5,8-11H2,1H3,(H,18,21)(H,19,20). The molecule has 1 aromatic carbocycles. The molecular formula is C16H23N3O3. The molecule has 0 radical (unpaired) electrons. The molecule has 0 spiro atoms. The number of amides is 2. The number of ether oxygens (including phenoxy) is 1. The lowest BCUT2D eigenvalue weighted by Crippen LogP contribution is -2.53. The third kappa shape index (κ3) is 5.37. The van der Waals surface area contributed by atoms with Gasteiger partial charge in [-0.3, -0.25) is 9.59 Å². The van der Waals surface area contributed by atoms with Crippen LogP contribution in [0, 0.1) is 0 Å². The summed E-state index contributed by atoms with van der Waals surface area (Å²) in [5.41, 5.74) is 0. The number of hydrogen-bond donors (Lipinski definition) is 3. The Balaban J connectivity index is 1.64. The van der Waals surface area contributed by atoms with Crippen molar-refractivity contribution in [2.75, 3.05) is 19.7 Å². The first kappa shape index (κ1) is 16.3. The van der Waals surface area contributed by atoms with Gasteiger partial charge >= 0.3 is 0 Å². The van der Waals surface area contributed by atoms with Crippen molar-refractivity contribution >= 4 is 11.8 Å². The zero-order valence-corrected chi connectivity index (χ0v) is 12.8. The number of piperidine rings is 1. The van der Waals surface area contributed by atoms with Crippen molar-refractivity contribution < 1.29 is 14.3 Å². The van der Waals surface area contributed by atoms with Gasteiger partial charge in [0.05, 0.1) is 6.54 Å². The minimum atomic E-state index is -0.311. The van der Waals surface area contributed by atoms with Gasteiger partial charge in [-0.15, -0.1) is 0 Å². The summed E-state index contributed by atoms with van der Waals surface area (Å²) in [4.78, 5) is 23.5. The van der Waals surface area contributed by atoms with E-state index in [9.17, 15) is 9.59 Å². The summed E-state index contributed by atoms with van der Waals surface area (Å²) in [5.74, 6) is 0.145. The molecule has 3 N–H and O–H groups in total. The molecule has 6 heteroatoms. The van der Waals surface area contributed by atoms with Crippen molar-refractivity contribution in [3.05, 3.63) is 30.3 Å². The SMILES string of the molecule is CC1NCCCC1NC(=O)CNC(=O)COc1ccccc1. The van der Waals surface area contributed by atoms with Gasteiger partial charge in [-0.1, -0.05) is 18.2 Å². The van der Waals surface area contributed by atoms with E-state index >= 15 is 0 Å². The summed E-state index contributed by atoms with van der Waals surface area (Å²) in [6.45, 7) is 2.91. The third-order valence-corrected chi connectivity index (χ3v) is 3.67. The van der Waals surface area contributed by atoms with E-state index in [1.165, 1.54) is 0 Å². The second-order valence-electron chi connectivity index (χ2n) is 5.44. The van der Waals surface area contributed by atoms with E-state index < -0.39 is 0 Å². The lowest BCUT2D eigenvalue weighted by atomic mass is 10.00. The smallest absolute Gasteiger partial charge is 0.258 e. The van der Waals surface area contributed by atoms with Crippen molar-refractivity contribution in [3.63, 3.8) is 0 Å². The van der Waals surface area contributed by atoms with Crippen LogP contribution in [0.2, 0.25) is 0 Å². The first-order chi connectivity index (χ1) is 10.6. The molecular weight excluding hydrogens is 282 g/mol. The van der Waals surface area contributed by atoms with Crippen LogP contribution in [0.25, 0.3) is 0 Å². The van der Waals surface area contributed by atoms with Crippen molar-refractivity contribution in [1.82, 2.24) is 16.0 Å². The molecule has 0 aromatic heterocycles. The van der Waals surface area contributed by atoms with Crippen LogP contribution in [0.15, 0.2) is 30.3 Å². The van der Waals surface area contributed by atoms with Gasteiger partial charge in [0.15, 0.2) is 6.61 Å². The molecule has 2 atom stereocenters. The van der Waals surface area contributed by atoms with Gasteiger partial charge in [0.1, 0.15) is 5.75 Å². The molecule has 0 aliphatic carbocycles. The summed E-state index contributed by atoms with van der Waals surface area (Å²) in [7, 11) is 0. The zero-order valence-electron chi connectivity index (χ0n) is 12.8. The molecule has 1 aliphatic heterocycles. The summed E-state index contributed by atoms with van der Waals surface area (Å²) < 4.78 is 5.31. The van der Waals surface area contributed by atoms with Crippen molar-refractivity contribution in [1.29, 1.82) is 0 Å². The second-order valence-corrected chi connectivity index (χ2v) is 5.44. The largest absolute Gasteiger partial charge is 0.484 e. The average molecular weight is 305 g/mol. The van der Waals surface area contributed by atoms with Gasteiger partial charge in [-0.2, -0.15) is 0 Å².